The van der Waals surface area contributed by atoms with Gasteiger partial charge >= 0.3 is 0 Å². The Morgan fingerprint density at radius 2 is 1.90 bits per heavy atom. The first kappa shape index (κ1) is 15.9. The fourth-order valence-corrected chi connectivity index (χ4v) is 2.83. The molecule has 0 saturated heterocycles. The molecule has 0 aliphatic heterocycles. The summed E-state index contributed by atoms with van der Waals surface area (Å²) in [7, 11) is 0. The van der Waals surface area contributed by atoms with Gasteiger partial charge in [0, 0.05) is 20.5 Å². The predicted molar refractivity (Wildman–Crippen MR) is 89.0 cm³/mol. The minimum atomic E-state index is -0.518. The molecule has 1 atom stereocenters. The molecule has 3 N–H and O–H groups in total. The van der Waals surface area contributed by atoms with Crippen LogP contribution in [0.1, 0.15) is 12.5 Å². The SMILES string of the molecule is Cc1cc(Cl)ccc1Sc1ccc(NC(=O)C(C)N)cc1. The Balaban J connectivity index is 2.07. The summed E-state index contributed by atoms with van der Waals surface area (Å²) in [5.41, 5.74) is 7.40. The first-order valence-electron chi connectivity index (χ1n) is 6.56. The van der Waals surface area contributed by atoms with E-state index in [1.807, 2.05) is 49.4 Å². The average molecular weight is 321 g/mol. The number of nitrogens with one attached hydrogen (secondary N) is 1. The van der Waals surface area contributed by atoms with E-state index < -0.39 is 6.04 Å². The molecule has 1 unspecified atom stereocenters. The first-order chi connectivity index (χ1) is 9.95. The Kier molecular flexibility index (Phi) is 5.28. The third-order valence-corrected chi connectivity index (χ3v) is 4.32. The number of anilines is 1. The first-order valence-corrected chi connectivity index (χ1v) is 7.75. The van der Waals surface area contributed by atoms with Gasteiger partial charge in [-0.15, -0.1) is 0 Å². The molecule has 21 heavy (non-hydrogen) atoms. The number of hydrogen-bond acceptors (Lipinski definition) is 3. The van der Waals surface area contributed by atoms with Crippen LogP contribution < -0.4 is 11.1 Å². The van der Waals surface area contributed by atoms with Gasteiger partial charge in [0.15, 0.2) is 0 Å². The molecule has 110 valence electrons. The normalized spacial score (nSPS) is 12.0. The monoisotopic (exact) mass is 320 g/mol. The van der Waals surface area contributed by atoms with E-state index in [0.717, 1.165) is 26.1 Å². The lowest BCUT2D eigenvalue weighted by molar-refractivity contribution is -0.117. The standard InChI is InChI=1S/C16H17ClN2OS/c1-10-9-12(17)3-8-15(10)21-14-6-4-13(5-7-14)19-16(20)11(2)18/h3-9,11H,18H2,1-2H3,(H,19,20). The van der Waals surface area contributed by atoms with Crippen LogP contribution in [0, 0.1) is 6.92 Å². The second-order valence-electron chi connectivity index (χ2n) is 4.81. The second kappa shape index (κ2) is 6.98. The van der Waals surface area contributed by atoms with Crippen molar-refractivity contribution in [1.82, 2.24) is 0 Å². The Bertz CT molecular complexity index is 641. The van der Waals surface area contributed by atoms with E-state index in [1.165, 1.54) is 0 Å². The topological polar surface area (TPSA) is 55.1 Å². The van der Waals surface area contributed by atoms with Gasteiger partial charge in [0.1, 0.15) is 0 Å². The number of nitrogens with two attached hydrogens (primary N) is 1. The molecule has 2 rings (SSSR count). The number of amides is 1. The molecule has 0 aromatic heterocycles. The van der Waals surface area contributed by atoms with Gasteiger partial charge in [-0.05, 0) is 61.9 Å². The predicted octanol–water partition coefficient (Wildman–Crippen LogP) is 4.09. The van der Waals surface area contributed by atoms with Gasteiger partial charge in [-0.1, -0.05) is 23.4 Å². The van der Waals surface area contributed by atoms with Crippen molar-refractivity contribution in [1.29, 1.82) is 0 Å². The van der Waals surface area contributed by atoms with Crippen molar-refractivity contribution in [3.63, 3.8) is 0 Å². The van der Waals surface area contributed by atoms with Crippen LogP contribution in [0.15, 0.2) is 52.3 Å². The Labute approximate surface area is 133 Å². The van der Waals surface area contributed by atoms with Crippen LogP contribution in [-0.2, 0) is 4.79 Å². The number of aryl methyl sites for hydroxylation is 1. The third kappa shape index (κ3) is 4.49. The second-order valence-corrected chi connectivity index (χ2v) is 6.37. The van der Waals surface area contributed by atoms with Crippen molar-refractivity contribution in [2.24, 2.45) is 5.73 Å². The van der Waals surface area contributed by atoms with Crippen molar-refractivity contribution >= 4 is 35.0 Å². The van der Waals surface area contributed by atoms with Crippen molar-refractivity contribution in [3.05, 3.63) is 53.1 Å². The Hall–Kier alpha value is -1.49. The van der Waals surface area contributed by atoms with E-state index in [2.05, 4.69) is 5.32 Å². The van der Waals surface area contributed by atoms with Gasteiger partial charge in [0.05, 0.1) is 6.04 Å². The Morgan fingerprint density at radius 3 is 2.48 bits per heavy atom. The molecule has 5 heteroatoms. The van der Waals surface area contributed by atoms with Gasteiger partial charge in [-0.25, -0.2) is 0 Å². The van der Waals surface area contributed by atoms with Crippen LogP contribution >= 0.6 is 23.4 Å². The number of carbonyl (C=O) groups is 1. The summed E-state index contributed by atoms with van der Waals surface area (Å²) in [6.07, 6.45) is 0. The van der Waals surface area contributed by atoms with E-state index in [0.29, 0.717) is 0 Å². The summed E-state index contributed by atoms with van der Waals surface area (Å²) in [4.78, 5) is 13.8. The zero-order valence-electron chi connectivity index (χ0n) is 11.9. The van der Waals surface area contributed by atoms with Gasteiger partial charge in [0.25, 0.3) is 0 Å². The maximum atomic E-state index is 11.5. The molecule has 2 aromatic rings. The molecule has 0 saturated carbocycles. The summed E-state index contributed by atoms with van der Waals surface area (Å²) in [6, 6.07) is 13.0. The highest BCUT2D eigenvalue weighted by molar-refractivity contribution is 7.99. The van der Waals surface area contributed by atoms with Crippen LogP contribution in [0.4, 0.5) is 5.69 Å². The maximum Gasteiger partial charge on any atom is 0.240 e. The fraction of sp³-hybridized carbons (Fsp3) is 0.188. The molecule has 0 aliphatic rings. The number of hydrogen-bond donors (Lipinski definition) is 2. The summed E-state index contributed by atoms with van der Waals surface area (Å²) >= 11 is 7.62. The van der Waals surface area contributed by atoms with Crippen molar-refractivity contribution in [3.8, 4) is 0 Å². The molecular formula is C16H17ClN2OS. The molecule has 0 spiro atoms. The molecule has 0 aliphatic carbocycles. The molecule has 0 radical (unpaired) electrons. The lowest BCUT2D eigenvalue weighted by Crippen LogP contribution is -2.32. The summed E-state index contributed by atoms with van der Waals surface area (Å²) in [5.74, 6) is -0.191. The summed E-state index contributed by atoms with van der Waals surface area (Å²) in [6.45, 7) is 3.69. The highest BCUT2D eigenvalue weighted by atomic mass is 35.5. The van der Waals surface area contributed by atoms with E-state index in [9.17, 15) is 4.79 Å². The van der Waals surface area contributed by atoms with Crippen molar-refractivity contribution in [2.45, 2.75) is 29.7 Å². The molecular weight excluding hydrogens is 304 g/mol. The van der Waals surface area contributed by atoms with Crippen molar-refractivity contribution in [2.75, 3.05) is 5.32 Å². The van der Waals surface area contributed by atoms with Crippen LogP contribution in [0.3, 0.4) is 0 Å². The fourth-order valence-electron chi connectivity index (χ4n) is 1.72. The van der Waals surface area contributed by atoms with Gasteiger partial charge in [-0.2, -0.15) is 0 Å². The highest BCUT2D eigenvalue weighted by Crippen LogP contribution is 2.32. The maximum absolute atomic E-state index is 11.5. The average Bonchev–Trinajstić information content (AvgIpc) is 2.43. The van der Waals surface area contributed by atoms with Gasteiger partial charge in [-0.3, -0.25) is 4.79 Å². The number of carbonyl (C=O) groups excluding carboxylic acids is 1. The van der Waals surface area contributed by atoms with E-state index in [-0.39, 0.29) is 5.91 Å². The molecule has 3 nitrogen and oxygen atoms in total. The van der Waals surface area contributed by atoms with Gasteiger partial charge < -0.3 is 11.1 Å². The minimum absolute atomic E-state index is 0.191. The number of halogens is 1. The molecule has 2 aromatic carbocycles. The zero-order chi connectivity index (χ0) is 15.4. The molecule has 0 bridgehead atoms. The third-order valence-electron chi connectivity index (χ3n) is 2.90. The van der Waals surface area contributed by atoms with E-state index in [1.54, 1.807) is 18.7 Å². The largest absolute Gasteiger partial charge is 0.325 e. The molecule has 0 fully saturated rings. The summed E-state index contributed by atoms with van der Waals surface area (Å²) < 4.78 is 0. The van der Waals surface area contributed by atoms with Crippen LogP contribution in [-0.4, -0.2) is 11.9 Å². The van der Waals surface area contributed by atoms with Crippen molar-refractivity contribution < 1.29 is 4.79 Å². The van der Waals surface area contributed by atoms with Crippen LogP contribution in [0.2, 0.25) is 5.02 Å². The number of benzene rings is 2. The number of rotatable bonds is 4. The Morgan fingerprint density at radius 1 is 1.24 bits per heavy atom. The lowest BCUT2D eigenvalue weighted by atomic mass is 10.2. The lowest BCUT2D eigenvalue weighted by Gasteiger charge is -2.09. The molecule has 1 amide bonds. The van der Waals surface area contributed by atoms with Gasteiger partial charge in [0.2, 0.25) is 5.91 Å². The summed E-state index contributed by atoms with van der Waals surface area (Å²) in [5, 5.41) is 3.50. The minimum Gasteiger partial charge on any atom is -0.325 e. The zero-order valence-corrected chi connectivity index (χ0v) is 13.5. The van der Waals surface area contributed by atoms with Crippen LogP contribution in [0.25, 0.3) is 0 Å². The molecule has 0 heterocycles. The smallest absolute Gasteiger partial charge is 0.240 e. The van der Waals surface area contributed by atoms with Crippen LogP contribution in [0.5, 0.6) is 0 Å². The highest BCUT2D eigenvalue weighted by Gasteiger charge is 2.07. The van der Waals surface area contributed by atoms with E-state index >= 15 is 0 Å². The quantitative estimate of drug-likeness (QED) is 0.892. The van der Waals surface area contributed by atoms with E-state index in [4.69, 9.17) is 17.3 Å².